The van der Waals surface area contributed by atoms with Crippen LogP contribution in [0.15, 0.2) is 6.07 Å². The normalized spacial score (nSPS) is 14.2. The molecule has 1 aliphatic rings. The Bertz CT molecular complexity index is 767. The molecular formula is C18H26N6O. The Labute approximate surface area is 148 Å². The zero-order valence-corrected chi connectivity index (χ0v) is 15.2. The van der Waals surface area contributed by atoms with Gasteiger partial charge in [0.2, 0.25) is 5.95 Å². The van der Waals surface area contributed by atoms with E-state index in [9.17, 15) is 4.79 Å². The molecule has 0 saturated carbocycles. The Morgan fingerprint density at radius 3 is 2.80 bits per heavy atom. The summed E-state index contributed by atoms with van der Waals surface area (Å²) in [5.74, 6) is 0.155. The maximum Gasteiger partial charge on any atom is 0.272 e. The van der Waals surface area contributed by atoms with Crippen molar-refractivity contribution >= 4 is 11.9 Å². The number of nitrogens with zero attached hydrogens (tertiary/aromatic N) is 4. The second-order valence-corrected chi connectivity index (χ2v) is 7.04. The van der Waals surface area contributed by atoms with E-state index >= 15 is 0 Å². The van der Waals surface area contributed by atoms with Crippen molar-refractivity contribution in [1.82, 2.24) is 25.1 Å². The molecule has 0 atom stereocenters. The molecular weight excluding hydrogens is 316 g/mol. The molecule has 0 aromatic carbocycles. The van der Waals surface area contributed by atoms with Crippen LogP contribution in [-0.4, -0.2) is 38.0 Å². The highest BCUT2D eigenvalue weighted by molar-refractivity contribution is 5.92. The van der Waals surface area contributed by atoms with Crippen molar-refractivity contribution in [2.75, 3.05) is 12.8 Å². The van der Waals surface area contributed by atoms with E-state index in [2.05, 4.69) is 20.2 Å². The van der Waals surface area contributed by atoms with Crippen molar-refractivity contribution in [3.05, 3.63) is 34.4 Å². The third-order valence-electron chi connectivity index (χ3n) is 4.70. The molecule has 0 unspecified atom stereocenters. The van der Waals surface area contributed by atoms with Gasteiger partial charge in [-0.1, -0.05) is 20.3 Å². The number of aromatic nitrogens is 4. The number of H-pyrrole nitrogens is 1. The number of nitrogen functional groups attached to an aromatic ring is 1. The number of rotatable bonds is 4. The summed E-state index contributed by atoms with van der Waals surface area (Å²) in [6.45, 7) is 4.49. The standard InChI is InChI=1S/C18H26N6O/c1-11(2)14-9-15(21-18(19)20-14)17(25)24(3)10-16-12-7-5-4-6-8-13(12)22-23-16/h9,11H,4-8,10H2,1-3H3,(H,22,23)(H2,19,20,21). The van der Waals surface area contributed by atoms with Crippen LogP contribution in [0.5, 0.6) is 0 Å². The highest BCUT2D eigenvalue weighted by atomic mass is 16.2. The molecule has 0 radical (unpaired) electrons. The van der Waals surface area contributed by atoms with Crippen molar-refractivity contribution in [3.8, 4) is 0 Å². The summed E-state index contributed by atoms with van der Waals surface area (Å²) in [5.41, 5.74) is 10.3. The minimum atomic E-state index is -0.165. The topological polar surface area (TPSA) is 101 Å². The van der Waals surface area contributed by atoms with Gasteiger partial charge in [-0.15, -0.1) is 0 Å². The molecule has 0 aliphatic heterocycles. The zero-order chi connectivity index (χ0) is 18.0. The lowest BCUT2D eigenvalue weighted by Crippen LogP contribution is -2.28. The minimum absolute atomic E-state index is 0.136. The average molecular weight is 342 g/mol. The van der Waals surface area contributed by atoms with Crippen molar-refractivity contribution in [2.45, 2.75) is 58.4 Å². The van der Waals surface area contributed by atoms with E-state index < -0.39 is 0 Å². The van der Waals surface area contributed by atoms with Gasteiger partial charge < -0.3 is 10.6 Å². The van der Waals surface area contributed by atoms with E-state index in [1.807, 2.05) is 13.8 Å². The maximum atomic E-state index is 12.8. The summed E-state index contributed by atoms with van der Waals surface area (Å²) in [6.07, 6.45) is 5.69. The van der Waals surface area contributed by atoms with Crippen LogP contribution >= 0.6 is 0 Å². The highest BCUT2D eigenvalue weighted by Crippen LogP contribution is 2.23. The number of hydrogen-bond acceptors (Lipinski definition) is 5. The molecule has 3 rings (SSSR count). The Balaban J connectivity index is 1.79. The third-order valence-corrected chi connectivity index (χ3v) is 4.70. The maximum absolute atomic E-state index is 12.8. The molecule has 0 fully saturated rings. The largest absolute Gasteiger partial charge is 0.368 e. The van der Waals surface area contributed by atoms with Gasteiger partial charge in [-0.2, -0.15) is 5.10 Å². The molecule has 134 valence electrons. The third kappa shape index (κ3) is 3.81. The molecule has 0 bridgehead atoms. The Morgan fingerprint density at radius 2 is 2.04 bits per heavy atom. The van der Waals surface area contributed by atoms with Crippen molar-refractivity contribution in [3.63, 3.8) is 0 Å². The fourth-order valence-electron chi connectivity index (χ4n) is 3.24. The monoisotopic (exact) mass is 342 g/mol. The smallest absolute Gasteiger partial charge is 0.272 e. The van der Waals surface area contributed by atoms with Crippen LogP contribution in [0.25, 0.3) is 0 Å². The molecule has 7 heteroatoms. The fraction of sp³-hybridized carbons (Fsp3) is 0.556. The van der Waals surface area contributed by atoms with Gasteiger partial charge in [-0.25, -0.2) is 9.97 Å². The number of aryl methyl sites for hydroxylation is 1. The van der Waals surface area contributed by atoms with E-state index in [-0.39, 0.29) is 17.8 Å². The fourth-order valence-corrected chi connectivity index (χ4v) is 3.24. The summed E-state index contributed by atoms with van der Waals surface area (Å²) in [6, 6.07) is 1.73. The lowest BCUT2D eigenvalue weighted by molar-refractivity contribution is 0.0777. The van der Waals surface area contributed by atoms with Gasteiger partial charge >= 0.3 is 0 Å². The number of hydrogen-bond donors (Lipinski definition) is 2. The van der Waals surface area contributed by atoms with E-state index in [4.69, 9.17) is 5.73 Å². The van der Waals surface area contributed by atoms with Crippen LogP contribution in [0.4, 0.5) is 5.95 Å². The quantitative estimate of drug-likeness (QED) is 0.831. The molecule has 2 heterocycles. The molecule has 1 aliphatic carbocycles. The number of fused-ring (bicyclic) bond motifs is 1. The summed E-state index contributed by atoms with van der Waals surface area (Å²) in [4.78, 5) is 22.7. The second-order valence-electron chi connectivity index (χ2n) is 7.04. The minimum Gasteiger partial charge on any atom is -0.368 e. The van der Waals surface area contributed by atoms with Crippen LogP contribution < -0.4 is 5.73 Å². The first kappa shape index (κ1) is 17.4. The Hall–Kier alpha value is -2.44. The number of aromatic amines is 1. The Morgan fingerprint density at radius 1 is 1.28 bits per heavy atom. The number of nitrogens with two attached hydrogens (primary N) is 1. The number of carbonyl (C=O) groups excluding carboxylic acids is 1. The highest BCUT2D eigenvalue weighted by Gasteiger charge is 2.21. The van der Waals surface area contributed by atoms with Gasteiger partial charge in [-0.05, 0) is 43.2 Å². The molecule has 2 aromatic heterocycles. The summed E-state index contributed by atoms with van der Waals surface area (Å²) in [7, 11) is 1.77. The predicted molar refractivity (Wildman–Crippen MR) is 96.2 cm³/mol. The first-order valence-electron chi connectivity index (χ1n) is 8.90. The lowest BCUT2D eigenvalue weighted by atomic mass is 10.1. The van der Waals surface area contributed by atoms with Crippen LogP contribution in [0.3, 0.4) is 0 Å². The molecule has 1 amide bonds. The Kier molecular flexibility index (Phi) is 5.01. The predicted octanol–water partition coefficient (Wildman–Crippen LogP) is 2.45. The lowest BCUT2D eigenvalue weighted by Gasteiger charge is -2.17. The number of nitrogens with one attached hydrogen (secondary N) is 1. The first-order chi connectivity index (χ1) is 12.0. The summed E-state index contributed by atoms with van der Waals surface area (Å²) < 4.78 is 0. The summed E-state index contributed by atoms with van der Waals surface area (Å²) in [5, 5.41) is 7.59. The number of amides is 1. The van der Waals surface area contributed by atoms with Gasteiger partial charge in [0.15, 0.2) is 0 Å². The second kappa shape index (κ2) is 7.21. The molecule has 25 heavy (non-hydrogen) atoms. The van der Waals surface area contributed by atoms with Crippen LogP contribution in [0.1, 0.15) is 72.2 Å². The van der Waals surface area contributed by atoms with Crippen molar-refractivity contribution in [2.24, 2.45) is 0 Å². The number of carbonyl (C=O) groups is 1. The van der Waals surface area contributed by atoms with Crippen LogP contribution in [0, 0.1) is 0 Å². The SMILES string of the molecule is CC(C)c1cc(C(=O)N(C)Cc2n[nH]c3c2CCCCC3)nc(N)n1. The molecule has 7 nitrogen and oxygen atoms in total. The van der Waals surface area contributed by atoms with Gasteiger partial charge in [0.25, 0.3) is 5.91 Å². The average Bonchev–Trinajstić information content (AvgIpc) is 2.80. The van der Waals surface area contributed by atoms with Crippen molar-refractivity contribution in [1.29, 1.82) is 0 Å². The molecule has 0 spiro atoms. The van der Waals surface area contributed by atoms with E-state index in [1.165, 1.54) is 30.5 Å². The van der Waals surface area contributed by atoms with Gasteiger partial charge in [0.1, 0.15) is 5.69 Å². The number of anilines is 1. The zero-order valence-electron chi connectivity index (χ0n) is 15.2. The summed E-state index contributed by atoms with van der Waals surface area (Å²) >= 11 is 0. The van der Waals surface area contributed by atoms with Gasteiger partial charge in [0, 0.05) is 18.4 Å². The molecule has 0 saturated heterocycles. The van der Waals surface area contributed by atoms with Crippen LogP contribution in [-0.2, 0) is 19.4 Å². The van der Waals surface area contributed by atoms with Crippen LogP contribution in [0.2, 0.25) is 0 Å². The van der Waals surface area contributed by atoms with E-state index in [0.29, 0.717) is 12.2 Å². The van der Waals surface area contributed by atoms with E-state index in [0.717, 1.165) is 24.2 Å². The molecule has 3 N–H and O–H groups in total. The first-order valence-corrected chi connectivity index (χ1v) is 8.90. The molecule has 2 aromatic rings. The van der Waals surface area contributed by atoms with Gasteiger partial charge in [-0.3, -0.25) is 9.89 Å². The van der Waals surface area contributed by atoms with E-state index in [1.54, 1.807) is 18.0 Å². The van der Waals surface area contributed by atoms with Crippen molar-refractivity contribution < 1.29 is 4.79 Å². The van der Waals surface area contributed by atoms with Gasteiger partial charge in [0.05, 0.1) is 12.2 Å².